The number of para-hydroxylation sites is 1. The molecule has 0 bridgehead atoms. The summed E-state index contributed by atoms with van der Waals surface area (Å²) in [5, 5.41) is 9.63. The number of thiophene rings is 1. The highest BCUT2D eigenvalue weighted by Gasteiger charge is 2.17. The number of benzene rings is 2. The zero-order valence-electron chi connectivity index (χ0n) is 18.1. The van der Waals surface area contributed by atoms with E-state index in [0.29, 0.717) is 27.7 Å². The fraction of sp³-hybridized carbons (Fsp3) is 0.174. The van der Waals surface area contributed by atoms with E-state index in [0.717, 1.165) is 21.6 Å². The van der Waals surface area contributed by atoms with Gasteiger partial charge in [-0.05, 0) is 37.3 Å². The first-order chi connectivity index (χ1) is 15.5. The molecular formula is C23H22N4O4S. The summed E-state index contributed by atoms with van der Waals surface area (Å²) in [6, 6.07) is 15.2. The van der Waals surface area contributed by atoms with Crippen molar-refractivity contribution in [1.29, 1.82) is 0 Å². The third kappa shape index (κ3) is 4.02. The highest BCUT2D eigenvalue weighted by atomic mass is 32.1. The van der Waals surface area contributed by atoms with Gasteiger partial charge < -0.3 is 14.2 Å². The number of carbonyl (C=O) groups excluding carboxylic acids is 1. The molecule has 164 valence electrons. The van der Waals surface area contributed by atoms with Crippen LogP contribution in [0.15, 0.2) is 53.6 Å². The highest BCUT2D eigenvalue weighted by Crippen LogP contribution is 2.37. The number of hydrogen-bond donors (Lipinski definition) is 1. The second kappa shape index (κ2) is 9.11. The molecule has 2 aromatic heterocycles. The van der Waals surface area contributed by atoms with Gasteiger partial charge >= 0.3 is 0 Å². The topological polar surface area (TPSA) is 87.0 Å². The van der Waals surface area contributed by atoms with Gasteiger partial charge in [-0.15, -0.1) is 11.3 Å². The number of hydrazone groups is 1. The molecule has 2 heterocycles. The van der Waals surface area contributed by atoms with E-state index in [9.17, 15) is 4.79 Å². The first-order valence-corrected chi connectivity index (χ1v) is 10.6. The van der Waals surface area contributed by atoms with Gasteiger partial charge in [0.25, 0.3) is 5.91 Å². The predicted octanol–water partition coefficient (Wildman–Crippen LogP) is 4.19. The standard InChI is InChI=1S/C23H22N4O4S/c1-14-17-12-20(32-23(17)27(26-14)16-8-6-5-7-9-16)22(28)25-24-13-15-10-18(29-2)21(31-4)19(11-15)30-3/h5-13H,1-4H3,(H,25,28). The van der Waals surface area contributed by atoms with E-state index >= 15 is 0 Å². The van der Waals surface area contributed by atoms with Crippen LogP contribution >= 0.6 is 11.3 Å². The maximum absolute atomic E-state index is 12.7. The molecule has 0 unspecified atom stereocenters. The second-order valence-corrected chi connectivity index (χ2v) is 7.85. The van der Waals surface area contributed by atoms with Gasteiger partial charge in [0.05, 0.1) is 43.8 Å². The van der Waals surface area contributed by atoms with Crippen molar-refractivity contribution in [2.24, 2.45) is 5.10 Å². The summed E-state index contributed by atoms with van der Waals surface area (Å²) in [6.45, 7) is 1.93. The number of aryl methyl sites for hydroxylation is 1. The second-order valence-electron chi connectivity index (χ2n) is 6.82. The molecule has 1 N–H and O–H groups in total. The van der Waals surface area contributed by atoms with Gasteiger partial charge in [0.2, 0.25) is 5.75 Å². The van der Waals surface area contributed by atoms with Crippen molar-refractivity contribution in [3.05, 3.63) is 64.7 Å². The first-order valence-electron chi connectivity index (χ1n) is 9.73. The van der Waals surface area contributed by atoms with Gasteiger partial charge in [-0.1, -0.05) is 18.2 Å². The Hall–Kier alpha value is -3.85. The molecule has 0 fully saturated rings. The number of methoxy groups -OCH3 is 3. The van der Waals surface area contributed by atoms with Crippen LogP contribution in [0, 0.1) is 6.92 Å². The fourth-order valence-corrected chi connectivity index (χ4v) is 4.37. The normalized spacial score (nSPS) is 11.1. The summed E-state index contributed by atoms with van der Waals surface area (Å²) in [6.07, 6.45) is 1.52. The minimum absolute atomic E-state index is 0.297. The number of rotatable bonds is 7. The number of aromatic nitrogens is 2. The molecule has 4 rings (SSSR count). The highest BCUT2D eigenvalue weighted by molar-refractivity contribution is 7.20. The molecule has 0 atom stereocenters. The Balaban J connectivity index is 1.56. The van der Waals surface area contributed by atoms with Crippen LogP contribution in [-0.2, 0) is 0 Å². The molecule has 0 saturated heterocycles. The summed E-state index contributed by atoms with van der Waals surface area (Å²) in [5.74, 6) is 1.20. The summed E-state index contributed by atoms with van der Waals surface area (Å²) in [7, 11) is 4.62. The molecule has 1 amide bonds. The summed E-state index contributed by atoms with van der Waals surface area (Å²) >= 11 is 1.37. The Morgan fingerprint density at radius 2 is 1.75 bits per heavy atom. The number of hydrogen-bond acceptors (Lipinski definition) is 7. The first kappa shape index (κ1) is 21.4. The maximum atomic E-state index is 12.7. The van der Waals surface area contributed by atoms with Crippen LogP contribution in [0.25, 0.3) is 15.9 Å². The van der Waals surface area contributed by atoms with E-state index in [2.05, 4.69) is 15.6 Å². The molecule has 9 heteroatoms. The third-order valence-corrected chi connectivity index (χ3v) is 5.95. The smallest absolute Gasteiger partial charge is 0.281 e. The summed E-state index contributed by atoms with van der Waals surface area (Å²) < 4.78 is 17.8. The molecule has 2 aromatic carbocycles. The van der Waals surface area contributed by atoms with Crippen molar-refractivity contribution in [2.75, 3.05) is 21.3 Å². The number of nitrogens with zero attached hydrogens (tertiary/aromatic N) is 3. The molecule has 0 radical (unpaired) electrons. The average molecular weight is 451 g/mol. The Morgan fingerprint density at radius 3 is 2.38 bits per heavy atom. The molecular weight excluding hydrogens is 428 g/mol. The summed E-state index contributed by atoms with van der Waals surface area (Å²) in [5.41, 5.74) is 5.07. The van der Waals surface area contributed by atoms with Crippen molar-refractivity contribution in [3.8, 4) is 22.9 Å². The molecule has 0 spiro atoms. The largest absolute Gasteiger partial charge is 0.493 e. The van der Waals surface area contributed by atoms with Crippen LogP contribution in [0.2, 0.25) is 0 Å². The number of carbonyl (C=O) groups is 1. The molecule has 4 aromatic rings. The van der Waals surface area contributed by atoms with Crippen LogP contribution in [0.1, 0.15) is 20.9 Å². The Bertz CT molecular complexity index is 1270. The fourth-order valence-electron chi connectivity index (χ4n) is 3.30. The number of amides is 1. The van der Waals surface area contributed by atoms with Crippen molar-refractivity contribution in [1.82, 2.24) is 15.2 Å². The van der Waals surface area contributed by atoms with Crippen molar-refractivity contribution in [3.63, 3.8) is 0 Å². The van der Waals surface area contributed by atoms with Crippen LogP contribution in [-0.4, -0.2) is 43.2 Å². The number of nitrogens with one attached hydrogen (secondary N) is 1. The average Bonchev–Trinajstić information content (AvgIpc) is 3.39. The minimum atomic E-state index is -0.297. The van der Waals surface area contributed by atoms with Crippen molar-refractivity contribution >= 4 is 33.7 Å². The van der Waals surface area contributed by atoms with E-state index in [4.69, 9.17) is 14.2 Å². The van der Waals surface area contributed by atoms with Gasteiger partial charge in [-0.2, -0.15) is 10.2 Å². The van der Waals surface area contributed by atoms with Gasteiger partial charge in [0.1, 0.15) is 4.83 Å². The monoisotopic (exact) mass is 450 g/mol. The lowest BCUT2D eigenvalue weighted by atomic mass is 10.2. The quantitative estimate of drug-likeness (QED) is 0.337. The van der Waals surface area contributed by atoms with Crippen molar-refractivity contribution < 1.29 is 19.0 Å². The zero-order valence-corrected chi connectivity index (χ0v) is 18.9. The zero-order chi connectivity index (χ0) is 22.7. The van der Waals surface area contributed by atoms with Gasteiger partial charge in [-0.25, -0.2) is 10.1 Å². The Morgan fingerprint density at radius 1 is 1.06 bits per heavy atom. The van der Waals surface area contributed by atoms with Gasteiger partial charge in [0.15, 0.2) is 11.5 Å². The lowest BCUT2D eigenvalue weighted by molar-refractivity contribution is 0.0959. The van der Waals surface area contributed by atoms with E-state index in [1.165, 1.54) is 24.7 Å². The van der Waals surface area contributed by atoms with Crippen LogP contribution < -0.4 is 19.6 Å². The minimum Gasteiger partial charge on any atom is -0.493 e. The number of fused-ring (bicyclic) bond motifs is 1. The van der Waals surface area contributed by atoms with Crippen LogP contribution in [0.3, 0.4) is 0 Å². The van der Waals surface area contributed by atoms with E-state index in [1.807, 2.05) is 48.0 Å². The third-order valence-electron chi connectivity index (χ3n) is 4.84. The molecule has 0 aliphatic rings. The maximum Gasteiger partial charge on any atom is 0.281 e. The van der Waals surface area contributed by atoms with Gasteiger partial charge in [0, 0.05) is 10.9 Å². The molecule has 32 heavy (non-hydrogen) atoms. The van der Waals surface area contributed by atoms with Crippen molar-refractivity contribution in [2.45, 2.75) is 6.92 Å². The molecule has 0 aliphatic carbocycles. The Labute approximate surface area is 189 Å². The van der Waals surface area contributed by atoms with E-state index in [-0.39, 0.29) is 5.91 Å². The number of ether oxygens (including phenoxy) is 3. The van der Waals surface area contributed by atoms with Crippen LogP contribution in [0.5, 0.6) is 17.2 Å². The predicted molar refractivity (Wildman–Crippen MR) is 125 cm³/mol. The SMILES string of the molecule is COc1cc(C=NNC(=O)c2cc3c(C)nn(-c4ccccc4)c3s2)cc(OC)c1OC. The van der Waals surface area contributed by atoms with Gasteiger partial charge in [-0.3, -0.25) is 4.79 Å². The van der Waals surface area contributed by atoms with E-state index in [1.54, 1.807) is 26.4 Å². The molecule has 8 nitrogen and oxygen atoms in total. The van der Waals surface area contributed by atoms with Crippen LogP contribution in [0.4, 0.5) is 0 Å². The lowest BCUT2D eigenvalue weighted by Crippen LogP contribution is -2.16. The summed E-state index contributed by atoms with van der Waals surface area (Å²) in [4.78, 5) is 14.2. The molecule has 0 aliphatic heterocycles. The van der Waals surface area contributed by atoms with E-state index < -0.39 is 0 Å². The lowest BCUT2D eigenvalue weighted by Gasteiger charge is -2.12. The molecule has 0 saturated carbocycles. The Kier molecular flexibility index (Phi) is 6.09.